The van der Waals surface area contributed by atoms with Crippen LogP contribution in [0.1, 0.15) is 37.7 Å². The molecule has 0 spiro atoms. The van der Waals surface area contributed by atoms with Gasteiger partial charge in [0.2, 0.25) is 0 Å². The third-order valence-electron chi connectivity index (χ3n) is 2.83. The van der Waals surface area contributed by atoms with Crippen LogP contribution >= 0.6 is 0 Å². The Bertz CT molecular complexity index is 249. The van der Waals surface area contributed by atoms with Crippen LogP contribution in [0.25, 0.3) is 0 Å². The highest BCUT2D eigenvalue weighted by Gasteiger charge is 2.13. The summed E-state index contributed by atoms with van der Waals surface area (Å²) in [5.41, 5.74) is 1.26. The smallest absolute Gasteiger partial charge is 0.0720 e. The van der Waals surface area contributed by atoms with Gasteiger partial charge < -0.3 is 4.74 Å². The predicted molar refractivity (Wildman–Crippen MR) is 56.9 cm³/mol. The molecule has 1 saturated carbocycles. The topological polar surface area (TPSA) is 9.23 Å². The maximum absolute atomic E-state index is 5.86. The Morgan fingerprint density at radius 2 is 1.86 bits per heavy atom. The van der Waals surface area contributed by atoms with Gasteiger partial charge in [0.25, 0.3) is 0 Å². The van der Waals surface area contributed by atoms with Gasteiger partial charge in [-0.3, -0.25) is 0 Å². The lowest BCUT2D eigenvalue weighted by Crippen LogP contribution is -2.16. The van der Waals surface area contributed by atoms with Crippen LogP contribution in [0.5, 0.6) is 0 Å². The van der Waals surface area contributed by atoms with Crippen molar-refractivity contribution in [1.29, 1.82) is 0 Å². The first-order chi connectivity index (χ1) is 6.95. The van der Waals surface area contributed by atoms with Crippen LogP contribution in [-0.2, 0) is 11.3 Å². The fourth-order valence-corrected chi connectivity index (χ4v) is 1.96. The first-order valence-corrected chi connectivity index (χ1v) is 5.52. The number of hydrogen-bond donors (Lipinski definition) is 0. The zero-order chi connectivity index (χ0) is 9.64. The van der Waals surface area contributed by atoms with Gasteiger partial charge >= 0.3 is 0 Å². The molecule has 0 bridgehead atoms. The molecule has 1 nitrogen and oxygen atoms in total. The van der Waals surface area contributed by atoms with Crippen molar-refractivity contribution in [2.24, 2.45) is 0 Å². The van der Waals surface area contributed by atoms with Gasteiger partial charge in [-0.1, -0.05) is 43.5 Å². The molecule has 1 radical (unpaired) electrons. The molecule has 0 unspecified atom stereocenters. The second-order valence-electron chi connectivity index (χ2n) is 3.98. The molecule has 14 heavy (non-hydrogen) atoms. The number of ether oxygens (including phenoxy) is 1. The molecule has 0 heterocycles. The van der Waals surface area contributed by atoms with Crippen LogP contribution in [0.2, 0.25) is 0 Å². The van der Waals surface area contributed by atoms with Crippen molar-refractivity contribution in [2.45, 2.75) is 44.8 Å². The van der Waals surface area contributed by atoms with E-state index >= 15 is 0 Å². The van der Waals surface area contributed by atoms with Crippen molar-refractivity contribution in [3.8, 4) is 0 Å². The highest BCUT2D eigenvalue weighted by molar-refractivity contribution is 5.12. The second-order valence-corrected chi connectivity index (χ2v) is 3.98. The molecule has 75 valence electrons. The standard InChI is InChI=1S/C13H17O/c1-3-7-12(8-4-1)11-14-13-9-5-2-6-10-13/h3-4,7-8,13H,2,5-6,9-11H2. The number of rotatable bonds is 3. The van der Waals surface area contributed by atoms with E-state index in [2.05, 4.69) is 18.2 Å². The minimum Gasteiger partial charge on any atom is -0.374 e. The third-order valence-corrected chi connectivity index (χ3v) is 2.83. The van der Waals surface area contributed by atoms with Crippen LogP contribution in [0, 0.1) is 6.07 Å². The van der Waals surface area contributed by atoms with Crippen molar-refractivity contribution >= 4 is 0 Å². The van der Waals surface area contributed by atoms with Crippen molar-refractivity contribution < 1.29 is 4.74 Å². The van der Waals surface area contributed by atoms with Gasteiger partial charge in [0, 0.05) is 0 Å². The van der Waals surface area contributed by atoms with Crippen LogP contribution < -0.4 is 0 Å². The highest BCUT2D eigenvalue weighted by atomic mass is 16.5. The van der Waals surface area contributed by atoms with E-state index in [1.165, 1.54) is 37.7 Å². The summed E-state index contributed by atoms with van der Waals surface area (Å²) in [6.45, 7) is 0.763. The summed E-state index contributed by atoms with van der Waals surface area (Å²) in [6, 6.07) is 11.0. The summed E-state index contributed by atoms with van der Waals surface area (Å²) < 4.78 is 5.86. The van der Waals surface area contributed by atoms with Crippen LogP contribution in [0.3, 0.4) is 0 Å². The second kappa shape index (κ2) is 5.16. The molecular weight excluding hydrogens is 172 g/mol. The van der Waals surface area contributed by atoms with E-state index < -0.39 is 0 Å². The molecule has 1 aliphatic carbocycles. The van der Waals surface area contributed by atoms with E-state index in [0.717, 1.165) is 6.61 Å². The molecule has 0 N–H and O–H groups in total. The van der Waals surface area contributed by atoms with Gasteiger partial charge in [-0.2, -0.15) is 0 Å². The first-order valence-electron chi connectivity index (χ1n) is 5.52. The zero-order valence-corrected chi connectivity index (χ0v) is 8.54. The first kappa shape index (κ1) is 9.72. The van der Waals surface area contributed by atoms with E-state index in [-0.39, 0.29) is 0 Å². The summed E-state index contributed by atoms with van der Waals surface area (Å²) in [6.07, 6.45) is 7.08. The minimum atomic E-state index is 0.507. The SMILES string of the molecule is [c]1ccc(COC2CCCCC2)cc1. The molecule has 1 aromatic carbocycles. The average Bonchev–Trinajstić information content (AvgIpc) is 2.29. The predicted octanol–water partition coefficient (Wildman–Crippen LogP) is 3.34. The molecule has 2 rings (SSSR count). The Hall–Kier alpha value is -0.820. The maximum atomic E-state index is 5.86. The van der Waals surface area contributed by atoms with Gasteiger partial charge in [0.1, 0.15) is 0 Å². The largest absolute Gasteiger partial charge is 0.374 e. The zero-order valence-electron chi connectivity index (χ0n) is 8.54. The molecule has 0 atom stereocenters. The molecule has 1 aromatic rings. The van der Waals surface area contributed by atoms with E-state index in [1.54, 1.807) is 0 Å². The molecule has 0 aliphatic heterocycles. The Kier molecular flexibility index (Phi) is 3.58. The maximum Gasteiger partial charge on any atom is 0.0720 e. The third kappa shape index (κ3) is 2.85. The normalized spacial score (nSPS) is 18.3. The molecule has 1 fully saturated rings. The molecule has 0 amide bonds. The molecular formula is C13H17O. The Morgan fingerprint density at radius 1 is 1.14 bits per heavy atom. The van der Waals surface area contributed by atoms with Gasteiger partial charge in [-0.15, -0.1) is 0 Å². The quantitative estimate of drug-likeness (QED) is 0.708. The van der Waals surface area contributed by atoms with Gasteiger partial charge in [-0.25, -0.2) is 0 Å². The molecule has 1 heteroatoms. The van der Waals surface area contributed by atoms with E-state index in [9.17, 15) is 0 Å². The highest BCUT2D eigenvalue weighted by Crippen LogP contribution is 2.21. The van der Waals surface area contributed by atoms with E-state index in [1.807, 2.05) is 12.1 Å². The molecule has 1 aliphatic rings. The number of hydrogen-bond acceptors (Lipinski definition) is 1. The number of benzene rings is 1. The Balaban J connectivity index is 1.76. The summed E-state index contributed by atoms with van der Waals surface area (Å²) in [5.74, 6) is 0. The Morgan fingerprint density at radius 3 is 2.57 bits per heavy atom. The minimum absolute atomic E-state index is 0.507. The van der Waals surface area contributed by atoms with Gasteiger partial charge in [-0.05, 0) is 24.5 Å². The molecule has 0 aromatic heterocycles. The van der Waals surface area contributed by atoms with Crippen LogP contribution in [0.4, 0.5) is 0 Å². The van der Waals surface area contributed by atoms with Crippen molar-refractivity contribution in [1.82, 2.24) is 0 Å². The van der Waals surface area contributed by atoms with Crippen LogP contribution in [-0.4, -0.2) is 6.10 Å². The fraction of sp³-hybridized carbons (Fsp3) is 0.538. The molecule has 0 saturated heterocycles. The Labute approximate surface area is 86.1 Å². The summed E-state index contributed by atoms with van der Waals surface area (Å²) >= 11 is 0. The van der Waals surface area contributed by atoms with Crippen molar-refractivity contribution in [2.75, 3.05) is 0 Å². The van der Waals surface area contributed by atoms with E-state index in [4.69, 9.17) is 4.74 Å². The van der Waals surface area contributed by atoms with Gasteiger partial charge in [0.05, 0.1) is 12.7 Å². The monoisotopic (exact) mass is 189 g/mol. The lowest BCUT2D eigenvalue weighted by Gasteiger charge is -2.21. The summed E-state index contributed by atoms with van der Waals surface area (Å²) in [5, 5.41) is 0. The summed E-state index contributed by atoms with van der Waals surface area (Å²) in [7, 11) is 0. The lowest BCUT2D eigenvalue weighted by atomic mass is 9.98. The lowest BCUT2D eigenvalue weighted by molar-refractivity contribution is 0.0169. The fourth-order valence-electron chi connectivity index (χ4n) is 1.96. The van der Waals surface area contributed by atoms with Crippen molar-refractivity contribution in [3.05, 3.63) is 35.9 Å². The van der Waals surface area contributed by atoms with Crippen LogP contribution in [0.15, 0.2) is 24.3 Å². The van der Waals surface area contributed by atoms with Gasteiger partial charge in [0.15, 0.2) is 0 Å². The average molecular weight is 189 g/mol. The van der Waals surface area contributed by atoms with E-state index in [0.29, 0.717) is 6.10 Å². The van der Waals surface area contributed by atoms with Crippen molar-refractivity contribution in [3.63, 3.8) is 0 Å². The summed E-state index contributed by atoms with van der Waals surface area (Å²) in [4.78, 5) is 0.